The number of aliphatic hydroxyl groups excluding tert-OH is 1. The van der Waals surface area contributed by atoms with Crippen molar-refractivity contribution in [1.29, 1.82) is 0 Å². The van der Waals surface area contributed by atoms with E-state index in [9.17, 15) is 5.11 Å². The molecule has 5 heteroatoms. The molecule has 1 aromatic heterocycles. The lowest BCUT2D eigenvalue weighted by Crippen LogP contribution is -2.44. The lowest BCUT2D eigenvalue weighted by Gasteiger charge is -2.37. The normalized spacial score (nSPS) is 18.2. The third-order valence-corrected chi connectivity index (χ3v) is 5.37. The van der Waals surface area contributed by atoms with Gasteiger partial charge in [0.15, 0.2) is 5.96 Å². The molecule has 0 aliphatic heterocycles. The van der Waals surface area contributed by atoms with E-state index < -0.39 is 0 Å². The van der Waals surface area contributed by atoms with Crippen LogP contribution >= 0.6 is 11.3 Å². The molecule has 3 N–H and O–H groups in total. The van der Waals surface area contributed by atoms with Gasteiger partial charge in [-0.2, -0.15) is 0 Å². The summed E-state index contributed by atoms with van der Waals surface area (Å²) < 4.78 is 0. The molecule has 1 aromatic rings. The number of hydrogen-bond acceptors (Lipinski definition) is 3. The fourth-order valence-electron chi connectivity index (χ4n) is 3.23. The van der Waals surface area contributed by atoms with Crippen molar-refractivity contribution in [3.8, 4) is 0 Å². The van der Waals surface area contributed by atoms with E-state index in [1.807, 2.05) is 0 Å². The van der Waals surface area contributed by atoms with Gasteiger partial charge < -0.3 is 15.7 Å². The number of nitrogens with one attached hydrogen (secondary N) is 2. The first-order chi connectivity index (χ1) is 10.8. The molecule has 22 heavy (non-hydrogen) atoms. The third-order valence-electron chi connectivity index (χ3n) is 4.50. The van der Waals surface area contributed by atoms with Crippen molar-refractivity contribution in [2.24, 2.45) is 10.4 Å². The van der Waals surface area contributed by atoms with Crippen LogP contribution in [0.25, 0.3) is 0 Å². The van der Waals surface area contributed by atoms with E-state index in [-0.39, 0.29) is 12.0 Å². The second-order valence-corrected chi connectivity index (χ2v) is 7.19. The predicted octanol–water partition coefficient (Wildman–Crippen LogP) is 3.14. The second kappa shape index (κ2) is 9.16. The van der Waals surface area contributed by atoms with Crippen LogP contribution in [0.2, 0.25) is 0 Å². The summed E-state index contributed by atoms with van der Waals surface area (Å²) in [5.41, 5.74) is 0.242. The molecule has 2 rings (SSSR count). The first kappa shape index (κ1) is 17.3. The largest absolute Gasteiger partial charge is 0.396 e. The van der Waals surface area contributed by atoms with E-state index in [4.69, 9.17) is 0 Å². The molecule has 0 atom stereocenters. The Bertz CT molecular complexity index is 433. The Morgan fingerprint density at radius 3 is 2.77 bits per heavy atom. The standard InChI is InChI=1S/C17H29N3OS/c1-2-18-16(19-13-15-7-6-12-22-15)20-14-17(10-11-21)8-4-3-5-9-17/h6-7,12,21H,2-5,8-11,13-14H2,1H3,(H2,18,19,20). The third kappa shape index (κ3) is 5.29. The number of aliphatic hydroxyl groups is 1. The molecular formula is C17H29N3OS. The molecule has 0 unspecified atom stereocenters. The second-order valence-electron chi connectivity index (χ2n) is 6.16. The Morgan fingerprint density at radius 1 is 1.32 bits per heavy atom. The van der Waals surface area contributed by atoms with Gasteiger partial charge in [-0.3, -0.25) is 0 Å². The molecule has 0 spiro atoms. The molecule has 0 radical (unpaired) electrons. The molecule has 124 valence electrons. The monoisotopic (exact) mass is 323 g/mol. The number of hydrogen-bond donors (Lipinski definition) is 3. The number of aliphatic imine (C=N–C) groups is 1. The van der Waals surface area contributed by atoms with Crippen molar-refractivity contribution in [2.45, 2.75) is 52.0 Å². The molecule has 4 nitrogen and oxygen atoms in total. The van der Waals surface area contributed by atoms with Gasteiger partial charge in [-0.1, -0.05) is 25.3 Å². The quantitative estimate of drug-likeness (QED) is 0.534. The average molecular weight is 324 g/mol. The Labute approximate surface area is 138 Å². The molecule has 1 saturated carbocycles. The maximum atomic E-state index is 9.41. The summed E-state index contributed by atoms with van der Waals surface area (Å²) >= 11 is 1.74. The highest BCUT2D eigenvalue weighted by Crippen LogP contribution is 2.38. The van der Waals surface area contributed by atoms with Crippen molar-refractivity contribution < 1.29 is 5.11 Å². The van der Waals surface area contributed by atoms with Gasteiger partial charge >= 0.3 is 0 Å². The fraction of sp³-hybridized carbons (Fsp3) is 0.706. The highest BCUT2D eigenvalue weighted by Gasteiger charge is 2.31. The Kier molecular flexibility index (Phi) is 7.19. The van der Waals surface area contributed by atoms with Crippen molar-refractivity contribution in [1.82, 2.24) is 10.6 Å². The van der Waals surface area contributed by atoms with E-state index in [1.54, 1.807) is 11.3 Å². The summed E-state index contributed by atoms with van der Waals surface area (Å²) in [6, 6.07) is 4.18. The van der Waals surface area contributed by atoms with E-state index in [0.717, 1.165) is 32.0 Å². The molecule has 1 aliphatic rings. The maximum absolute atomic E-state index is 9.41. The Balaban J connectivity index is 1.92. The molecule has 0 aromatic carbocycles. The molecule has 0 bridgehead atoms. The van der Waals surface area contributed by atoms with Crippen molar-refractivity contribution in [3.63, 3.8) is 0 Å². The minimum atomic E-state index is 0.242. The topological polar surface area (TPSA) is 56.7 Å². The zero-order valence-electron chi connectivity index (χ0n) is 13.6. The lowest BCUT2D eigenvalue weighted by molar-refractivity contribution is 0.131. The summed E-state index contributed by atoms with van der Waals surface area (Å²) in [7, 11) is 0. The highest BCUT2D eigenvalue weighted by molar-refractivity contribution is 7.09. The molecule has 1 aliphatic carbocycles. The van der Waals surface area contributed by atoms with Crippen LogP contribution in [0.3, 0.4) is 0 Å². The van der Waals surface area contributed by atoms with Crippen LogP contribution in [0.5, 0.6) is 0 Å². The van der Waals surface area contributed by atoms with Gasteiger partial charge in [0.1, 0.15) is 0 Å². The zero-order valence-corrected chi connectivity index (χ0v) is 14.4. The number of thiophene rings is 1. The summed E-state index contributed by atoms with van der Waals surface area (Å²) in [6.07, 6.45) is 7.22. The van der Waals surface area contributed by atoms with Gasteiger partial charge in [0.05, 0.1) is 6.54 Å². The smallest absolute Gasteiger partial charge is 0.191 e. The molecule has 1 heterocycles. The zero-order chi connectivity index (χ0) is 15.7. The Morgan fingerprint density at radius 2 is 2.14 bits per heavy atom. The van der Waals surface area contributed by atoms with Gasteiger partial charge in [0, 0.05) is 24.6 Å². The first-order valence-corrected chi connectivity index (χ1v) is 9.31. The van der Waals surface area contributed by atoms with Crippen molar-refractivity contribution in [3.05, 3.63) is 22.4 Å². The van der Waals surface area contributed by atoms with E-state index in [0.29, 0.717) is 0 Å². The average Bonchev–Trinajstić information content (AvgIpc) is 3.05. The van der Waals surface area contributed by atoms with E-state index in [1.165, 1.54) is 37.0 Å². The first-order valence-electron chi connectivity index (χ1n) is 8.43. The summed E-state index contributed by atoms with van der Waals surface area (Å²) in [4.78, 5) is 5.95. The molecule has 0 saturated heterocycles. The van der Waals surface area contributed by atoms with Crippen LogP contribution in [-0.2, 0) is 6.54 Å². The van der Waals surface area contributed by atoms with E-state index >= 15 is 0 Å². The molecule has 0 amide bonds. The molecule has 1 fully saturated rings. The minimum Gasteiger partial charge on any atom is -0.396 e. The van der Waals surface area contributed by atoms with Crippen LogP contribution in [0.15, 0.2) is 22.5 Å². The number of rotatable bonds is 7. The minimum absolute atomic E-state index is 0.242. The number of nitrogens with zero attached hydrogens (tertiary/aromatic N) is 1. The summed E-state index contributed by atoms with van der Waals surface area (Å²) in [6.45, 7) is 4.87. The van der Waals surface area contributed by atoms with Gasteiger partial charge in [-0.25, -0.2) is 4.99 Å². The Hall–Kier alpha value is -1.07. The van der Waals surface area contributed by atoms with Crippen LogP contribution in [0.4, 0.5) is 0 Å². The van der Waals surface area contributed by atoms with Gasteiger partial charge in [0.25, 0.3) is 0 Å². The van der Waals surface area contributed by atoms with Crippen molar-refractivity contribution >= 4 is 17.3 Å². The highest BCUT2D eigenvalue weighted by atomic mass is 32.1. The van der Waals surface area contributed by atoms with Gasteiger partial charge in [0.2, 0.25) is 0 Å². The predicted molar refractivity (Wildman–Crippen MR) is 94.4 cm³/mol. The van der Waals surface area contributed by atoms with Crippen molar-refractivity contribution in [2.75, 3.05) is 19.7 Å². The fourth-order valence-corrected chi connectivity index (χ4v) is 3.85. The molecular weight excluding hydrogens is 294 g/mol. The summed E-state index contributed by atoms with van der Waals surface area (Å²) in [5, 5.41) is 18.3. The van der Waals surface area contributed by atoms with Crippen LogP contribution in [0, 0.1) is 5.41 Å². The van der Waals surface area contributed by atoms with Crippen LogP contribution < -0.4 is 10.6 Å². The van der Waals surface area contributed by atoms with Gasteiger partial charge in [-0.15, -0.1) is 11.3 Å². The SMILES string of the molecule is CCNC(=NCc1cccs1)NCC1(CCO)CCCCC1. The summed E-state index contributed by atoms with van der Waals surface area (Å²) in [5.74, 6) is 0.888. The van der Waals surface area contributed by atoms with Crippen LogP contribution in [0.1, 0.15) is 50.3 Å². The van der Waals surface area contributed by atoms with Crippen LogP contribution in [-0.4, -0.2) is 30.8 Å². The number of guanidine groups is 1. The van der Waals surface area contributed by atoms with E-state index in [2.05, 4.69) is 40.1 Å². The van der Waals surface area contributed by atoms with Gasteiger partial charge in [-0.05, 0) is 43.0 Å². The lowest BCUT2D eigenvalue weighted by atomic mass is 9.72. The maximum Gasteiger partial charge on any atom is 0.191 e.